The third-order valence-corrected chi connectivity index (χ3v) is 3.66. The molecule has 1 atom stereocenters. The molecule has 2 N–H and O–H groups in total. The van der Waals surface area contributed by atoms with Crippen LogP contribution in [-0.2, 0) is 6.54 Å². The van der Waals surface area contributed by atoms with E-state index in [1.165, 1.54) is 0 Å². The number of imidazole rings is 1. The fourth-order valence-electron chi connectivity index (χ4n) is 2.77. The van der Waals surface area contributed by atoms with Gasteiger partial charge in [-0.25, -0.2) is 9.78 Å². The summed E-state index contributed by atoms with van der Waals surface area (Å²) in [6.45, 7) is 2.67. The van der Waals surface area contributed by atoms with Crippen molar-refractivity contribution >= 4 is 5.97 Å². The minimum absolute atomic E-state index is 0.0336. The van der Waals surface area contributed by atoms with Crippen molar-refractivity contribution < 1.29 is 15.0 Å². The Morgan fingerprint density at radius 3 is 2.95 bits per heavy atom. The maximum Gasteiger partial charge on any atom is 0.356 e. The van der Waals surface area contributed by atoms with E-state index >= 15 is 0 Å². The number of hydrogen-bond acceptors (Lipinski definition) is 3. The molecule has 0 bridgehead atoms. The molecule has 1 aromatic heterocycles. The molecule has 2 heterocycles. The van der Waals surface area contributed by atoms with Gasteiger partial charge >= 0.3 is 5.97 Å². The smallest absolute Gasteiger partial charge is 0.356 e. The first-order valence-electron chi connectivity index (χ1n) is 6.66. The van der Waals surface area contributed by atoms with Crippen LogP contribution < -0.4 is 0 Å². The monoisotopic (exact) mass is 272 g/mol. The molecule has 0 saturated heterocycles. The molecule has 0 amide bonds. The lowest BCUT2D eigenvalue weighted by molar-refractivity contribution is 0.0677. The highest BCUT2D eigenvalue weighted by Gasteiger charge is 2.30. The van der Waals surface area contributed by atoms with Crippen LogP contribution in [0.4, 0.5) is 0 Å². The summed E-state index contributed by atoms with van der Waals surface area (Å²) in [6, 6.07) is 7.79. The number of aryl methyl sites for hydroxylation is 1. The molecule has 0 fully saturated rings. The molecule has 20 heavy (non-hydrogen) atoms. The second kappa shape index (κ2) is 4.76. The van der Waals surface area contributed by atoms with E-state index in [1.54, 1.807) is 0 Å². The molecule has 2 aromatic rings. The Morgan fingerprint density at radius 2 is 2.25 bits per heavy atom. The van der Waals surface area contributed by atoms with E-state index in [0.29, 0.717) is 24.5 Å². The summed E-state index contributed by atoms with van der Waals surface area (Å²) < 4.78 is 1.84. The molecule has 104 valence electrons. The van der Waals surface area contributed by atoms with Crippen molar-refractivity contribution in [3.05, 3.63) is 41.2 Å². The lowest BCUT2D eigenvalue weighted by Gasteiger charge is -2.21. The zero-order chi connectivity index (χ0) is 14.3. The molecule has 0 radical (unpaired) electrons. The fourth-order valence-corrected chi connectivity index (χ4v) is 2.77. The van der Waals surface area contributed by atoms with Gasteiger partial charge < -0.3 is 14.8 Å². The third-order valence-electron chi connectivity index (χ3n) is 3.66. The van der Waals surface area contributed by atoms with Crippen LogP contribution in [0.5, 0.6) is 0 Å². The zero-order valence-corrected chi connectivity index (χ0v) is 11.2. The number of carboxylic acid groups (broad SMARTS) is 1. The number of benzene rings is 1. The lowest BCUT2D eigenvalue weighted by atomic mass is 10.0. The molecule has 5 nitrogen and oxygen atoms in total. The van der Waals surface area contributed by atoms with Gasteiger partial charge in [0.25, 0.3) is 0 Å². The molecule has 1 aromatic carbocycles. The van der Waals surface area contributed by atoms with Gasteiger partial charge in [0.05, 0.1) is 11.8 Å². The average molecular weight is 272 g/mol. The maximum absolute atomic E-state index is 11.3. The first kappa shape index (κ1) is 12.9. The second-order valence-corrected chi connectivity index (χ2v) is 5.15. The molecule has 1 aliphatic rings. The van der Waals surface area contributed by atoms with Gasteiger partial charge in [0.1, 0.15) is 5.82 Å². The summed E-state index contributed by atoms with van der Waals surface area (Å²) in [5.74, 6) is -0.464. The molecule has 3 rings (SSSR count). The largest absolute Gasteiger partial charge is 0.476 e. The topological polar surface area (TPSA) is 75.3 Å². The van der Waals surface area contributed by atoms with Crippen LogP contribution in [-0.4, -0.2) is 25.7 Å². The van der Waals surface area contributed by atoms with Crippen molar-refractivity contribution in [2.24, 2.45) is 0 Å². The summed E-state index contributed by atoms with van der Waals surface area (Å²) in [6.07, 6.45) is 0.655. The van der Waals surface area contributed by atoms with Gasteiger partial charge in [0, 0.05) is 12.1 Å². The maximum atomic E-state index is 11.3. The quantitative estimate of drug-likeness (QED) is 0.880. The predicted octanol–water partition coefficient (Wildman–Crippen LogP) is 2.38. The Bertz CT molecular complexity index is 676. The SMILES string of the molecule is Cc1cccc(-c2nc(C(=O)O)c3n2CCCC3O)c1. The van der Waals surface area contributed by atoms with E-state index in [0.717, 1.165) is 17.5 Å². The number of aromatic carboxylic acids is 1. The predicted molar refractivity (Wildman–Crippen MR) is 73.6 cm³/mol. The van der Waals surface area contributed by atoms with Crippen LogP contribution in [0.1, 0.15) is 40.7 Å². The van der Waals surface area contributed by atoms with Gasteiger partial charge in [-0.1, -0.05) is 23.8 Å². The van der Waals surface area contributed by atoms with Crippen molar-refractivity contribution in [3.63, 3.8) is 0 Å². The number of fused-ring (bicyclic) bond motifs is 1. The molecule has 0 spiro atoms. The Kier molecular flexibility index (Phi) is 3.06. The summed E-state index contributed by atoms with van der Waals surface area (Å²) >= 11 is 0. The standard InChI is InChI=1S/C15H16N2O3/c1-9-4-2-5-10(8-9)14-16-12(15(19)20)13-11(18)6-3-7-17(13)14/h2,4-5,8,11,18H,3,6-7H2,1H3,(H,19,20). The number of carboxylic acids is 1. The third kappa shape index (κ3) is 2.00. The summed E-state index contributed by atoms with van der Waals surface area (Å²) in [4.78, 5) is 15.6. The van der Waals surface area contributed by atoms with Crippen molar-refractivity contribution in [1.29, 1.82) is 0 Å². The minimum Gasteiger partial charge on any atom is -0.476 e. The van der Waals surface area contributed by atoms with Crippen LogP contribution in [0.15, 0.2) is 24.3 Å². The number of aliphatic hydroxyl groups excluding tert-OH is 1. The number of rotatable bonds is 2. The number of nitrogens with zero attached hydrogens (tertiary/aromatic N) is 2. The Balaban J connectivity index is 2.22. The van der Waals surface area contributed by atoms with Crippen molar-refractivity contribution in [1.82, 2.24) is 9.55 Å². The van der Waals surface area contributed by atoms with E-state index in [4.69, 9.17) is 0 Å². The molecule has 1 aliphatic heterocycles. The fraction of sp³-hybridized carbons (Fsp3) is 0.333. The van der Waals surface area contributed by atoms with E-state index in [9.17, 15) is 15.0 Å². The Morgan fingerprint density at radius 1 is 1.45 bits per heavy atom. The van der Waals surface area contributed by atoms with Gasteiger partial charge in [0.2, 0.25) is 0 Å². The lowest BCUT2D eigenvalue weighted by Crippen LogP contribution is -2.18. The highest BCUT2D eigenvalue weighted by atomic mass is 16.4. The van der Waals surface area contributed by atoms with Crippen molar-refractivity contribution in [2.75, 3.05) is 0 Å². The molecule has 0 saturated carbocycles. The van der Waals surface area contributed by atoms with Crippen LogP contribution >= 0.6 is 0 Å². The molecule has 0 aliphatic carbocycles. The Hall–Kier alpha value is -2.14. The highest BCUT2D eigenvalue weighted by Crippen LogP contribution is 2.33. The van der Waals surface area contributed by atoms with Crippen molar-refractivity contribution in [2.45, 2.75) is 32.4 Å². The van der Waals surface area contributed by atoms with Crippen LogP contribution in [0.25, 0.3) is 11.4 Å². The first-order valence-corrected chi connectivity index (χ1v) is 6.66. The van der Waals surface area contributed by atoms with E-state index in [-0.39, 0.29) is 5.69 Å². The number of aromatic nitrogens is 2. The number of aliphatic hydroxyl groups is 1. The van der Waals surface area contributed by atoms with Crippen LogP contribution in [0, 0.1) is 6.92 Å². The summed E-state index contributed by atoms with van der Waals surface area (Å²) in [7, 11) is 0. The highest BCUT2D eigenvalue weighted by molar-refractivity contribution is 5.88. The second-order valence-electron chi connectivity index (χ2n) is 5.15. The van der Waals surface area contributed by atoms with Gasteiger partial charge in [-0.05, 0) is 25.8 Å². The minimum atomic E-state index is -1.09. The molecular weight excluding hydrogens is 256 g/mol. The van der Waals surface area contributed by atoms with E-state index < -0.39 is 12.1 Å². The Labute approximate surface area is 116 Å². The van der Waals surface area contributed by atoms with Crippen LogP contribution in [0.2, 0.25) is 0 Å². The number of hydrogen-bond donors (Lipinski definition) is 2. The van der Waals surface area contributed by atoms with Crippen LogP contribution in [0.3, 0.4) is 0 Å². The normalized spacial score (nSPS) is 17.8. The zero-order valence-electron chi connectivity index (χ0n) is 11.2. The summed E-state index contributed by atoms with van der Waals surface area (Å²) in [5.41, 5.74) is 2.37. The van der Waals surface area contributed by atoms with E-state index in [1.807, 2.05) is 35.8 Å². The van der Waals surface area contributed by atoms with Gasteiger partial charge in [-0.2, -0.15) is 0 Å². The summed E-state index contributed by atoms with van der Waals surface area (Å²) in [5, 5.41) is 19.4. The van der Waals surface area contributed by atoms with Gasteiger partial charge in [-0.15, -0.1) is 0 Å². The van der Waals surface area contributed by atoms with Gasteiger partial charge in [-0.3, -0.25) is 0 Å². The molecule has 1 unspecified atom stereocenters. The van der Waals surface area contributed by atoms with Crippen molar-refractivity contribution in [3.8, 4) is 11.4 Å². The van der Waals surface area contributed by atoms with Gasteiger partial charge in [0.15, 0.2) is 5.69 Å². The molecule has 5 heteroatoms. The number of carbonyl (C=O) groups is 1. The first-order chi connectivity index (χ1) is 9.58. The van der Waals surface area contributed by atoms with E-state index in [2.05, 4.69) is 4.98 Å². The molecular formula is C15H16N2O3. The average Bonchev–Trinajstić information content (AvgIpc) is 2.80.